The van der Waals surface area contributed by atoms with Crippen molar-refractivity contribution in [2.24, 2.45) is 0 Å². The molecule has 1 N–H and O–H groups in total. The summed E-state index contributed by atoms with van der Waals surface area (Å²) in [5.74, 6) is 0.254. The molecule has 2 rings (SSSR count). The van der Waals surface area contributed by atoms with E-state index in [1.807, 2.05) is 10.8 Å². The van der Waals surface area contributed by atoms with Gasteiger partial charge < -0.3 is 5.11 Å². The average Bonchev–Trinajstić information content (AvgIpc) is 2.71. The molecule has 13 heavy (non-hydrogen) atoms. The van der Waals surface area contributed by atoms with Gasteiger partial charge in [0.25, 0.3) is 0 Å². The molecule has 0 unspecified atom stereocenters. The molecule has 0 spiro atoms. The van der Waals surface area contributed by atoms with Crippen LogP contribution in [0.2, 0.25) is 0 Å². The molecule has 4 heteroatoms. The Kier molecular flexibility index (Phi) is 2.05. The minimum Gasteiger partial charge on any atom is -0.506 e. The second kappa shape index (κ2) is 3.21. The van der Waals surface area contributed by atoms with Gasteiger partial charge in [0.2, 0.25) is 0 Å². The van der Waals surface area contributed by atoms with Crippen LogP contribution in [0.1, 0.15) is 5.56 Å². The summed E-state index contributed by atoms with van der Waals surface area (Å²) in [5, 5.41) is 21.9. The average molecular weight is 207 g/mol. The Balaban J connectivity index is 2.60. The molecule has 0 atom stereocenters. The van der Waals surface area contributed by atoms with Gasteiger partial charge in [0.05, 0.1) is 15.3 Å². The van der Waals surface area contributed by atoms with Crippen molar-refractivity contribution in [3.63, 3.8) is 0 Å². The van der Waals surface area contributed by atoms with E-state index in [0.717, 1.165) is 9.75 Å². The molecule has 2 nitrogen and oxygen atoms in total. The Morgan fingerprint density at radius 3 is 2.46 bits per heavy atom. The Hall–Kier alpha value is -1.31. The summed E-state index contributed by atoms with van der Waals surface area (Å²) in [5.41, 5.74) is 0.628. The quantitative estimate of drug-likeness (QED) is 0.781. The summed E-state index contributed by atoms with van der Waals surface area (Å²) in [4.78, 5) is 1.64. The first-order chi connectivity index (χ1) is 6.33. The molecule has 0 aromatic carbocycles. The van der Waals surface area contributed by atoms with Crippen molar-refractivity contribution in [3.05, 3.63) is 28.5 Å². The zero-order chi connectivity index (χ0) is 9.26. The second-order valence-electron chi connectivity index (χ2n) is 2.41. The van der Waals surface area contributed by atoms with E-state index in [4.69, 9.17) is 5.26 Å². The van der Waals surface area contributed by atoms with E-state index in [1.54, 1.807) is 12.1 Å². The van der Waals surface area contributed by atoms with Gasteiger partial charge in [-0.15, -0.1) is 22.7 Å². The van der Waals surface area contributed by atoms with Crippen molar-refractivity contribution >= 4 is 22.7 Å². The highest BCUT2D eigenvalue weighted by atomic mass is 32.1. The number of nitrogens with zero attached hydrogens (tertiary/aromatic N) is 1. The predicted molar refractivity (Wildman–Crippen MR) is 54.0 cm³/mol. The van der Waals surface area contributed by atoms with Gasteiger partial charge in [-0.3, -0.25) is 0 Å². The zero-order valence-corrected chi connectivity index (χ0v) is 8.15. The first kappa shape index (κ1) is 8.30. The van der Waals surface area contributed by atoms with Crippen molar-refractivity contribution in [1.29, 1.82) is 5.26 Å². The standard InChI is InChI=1S/C9H5NOS2/c10-5-6-1-3-12-8(6)9-7(11)2-4-13-9/h1-4,11H. The molecule has 0 radical (unpaired) electrons. The van der Waals surface area contributed by atoms with E-state index in [0.29, 0.717) is 5.56 Å². The Bertz CT molecular complexity index is 464. The lowest BCUT2D eigenvalue weighted by Gasteiger charge is -1.93. The van der Waals surface area contributed by atoms with Crippen LogP contribution in [0.4, 0.5) is 0 Å². The Morgan fingerprint density at radius 2 is 1.85 bits per heavy atom. The van der Waals surface area contributed by atoms with Gasteiger partial charge in [0.15, 0.2) is 0 Å². The molecule has 0 amide bonds. The lowest BCUT2D eigenvalue weighted by Crippen LogP contribution is -1.71. The predicted octanol–water partition coefficient (Wildman–Crippen LogP) is 3.05. The van der Waals surface area contributed by atoms with Gasteiger partial charge in [-0.25, -0.2) is 0 Å². The number of hydrogen-bond acceptors (Lipinski definition) is 4. The lowest BCUT2D eigenvalue weighted by atomic mass is 10.2. The normalized spacial score (nSPS) is 9.77. The van der Waals surface area contributed by atoms with Crippen molar-refractivity contribution < 1.29 is 5.11 Å². The van der Waals surface area contributed by atoms with Crippen LogP contribution in [0.25, 0.3) is 9.75 Å². The van der Waals surface area contributed by atoms with Crippen molar-refractivity contribution in [3.8, 4) is 21.6 Å². The molecule has 0 aliphatic rings. The second-order valence-corrected chi connectivity index (χ2v) is 4.24. The SMILES string of the molecule is N#Cc1ccsc1-c1sccc1O. The summed E-state index contributed by atoms with van der Waals surface area (Å²) in [6.07, 6.45) is 0. The molecule has 2 heterocycles. The molecule has 0 fully saturated rings. The van der Waals surface area contributed by atoms with Crippen LogP contribution >= 0.6 is 22.7 Å². The molecule has 2 aromatic heterocycles. The number of nitriles is 1. The van der Waals surface area contributed by atoms with Crippen LogP contribution in [0, 0.1) is 11.3 Å². The largest absolute Gasteiger partial charge is 0.506 e. The zero-order valence-electron chi connectivity index (χ0n) is 6.52. The maximum absolute atomic E-state index is 9.45. The fourth-order valence-corrected chi connectivity index (χ4v) is 2.87. The minimum atomic E-state index is 0.254. The van der Waals surface area contributed by atoms with E-state index in [9.17, 15) is 5.11 Å². The van der Waals surface area contributed by atoms with Gasteiger partial charge in [-0.2, -0.15) is 5.26 Å². The van der Waals surface area contributed by atoms with Crippen LogP contribution < -0.4 is 0 Å². The van der Waals surface area contributed by atoms with E-state index in [1.165, 1.54) is 22.7 Å². The van der Waals surface area contributed by atoms with Gasteiger partial charge in [0, 0.05) is 0 Å². The van der Waals surface area contributed by atoms with E-state index in [-0.39, 0.29) is 5.75 Å². The molecule has 0 bridgehead atoms. The van der Waals surface area contributed by atoms with Crippen LogP contribution in [0.5, 0.6) is 5.75 Å². The van der Waals surface area contributed by atoms with Crippen molar-refractivity contribution in [1.82, 2.24) is 0 Å². The van der Waals surface area contributed by atoms with Crippen LogP contribution in [0.15, 0.2) is 22.9 Å². The summed E-state index contributed by atoms with van der Waals surface area (Å²) in [7, 11) is 0. The van der Waals surface area contributed by atoms with Crippen molar-refractivity contribution in [2.75, 3.05) is 0 Å². The highest BCUT2D eigenvalue weighted by molar-refractivity contribution is 7.20. The summed E-state index contributed by atoms with van der Waals surface area (Å²) in [6.45, 7) is 0. The summed E-state index contributed by atoms with van der Waals surface area (Å²) >= 11 is 2.92. The number of thiophene rings is 2. The van der Waals surface area contributed by atoms with Crippen molar-refractivity contribution in [2.45, 2.75) is 0 Å². The minimum absolute atomic E-state index is 0.254. The molecular formula is C9H5NOS2. The fourth-order valence-electron chi connectivity index (χ4n) is 1.05. The monoisotopic (exact) mass is 207 g/mol. The first-order valence-corrected chi connectivity index (χ1v) is 5.33. The van der Waals surface area contributed by atoms with E-state index in [2.05, 4.69) is 6.07 Å². The number of aromatic hydroxyl groups is 1. The molecule has 2 aromatic rings. The summed E-state index contributed by atoms with van der Waals surface area (Å²) < 4.78 is 0. The van der Waals surface area contributed by atoms with Crippen LogP contribution in [-0.4, -0.2) is 5.11 Å². The molecule has 64 valence electrons. The van der Waals surface area contributed by atoms with Crippen LogP contribution in [0.3, 0.4) is 0 Å². The summed E-state index contributed by atoms with van der Waals surface area (Å²) in [6, 6.07) is 5.50. The Morgan fingerprint density at radius 1 is 1.15 bits per heavy atom. The van der Waals surface area contributed by atoms with E-state index >= 15 is 0 Å². The fraction of sp³-hybridized carbons (Fsp3) is 0. The maximum Gasteiger partial charge on any atom is 0.135 e. The van der Waals surface area contributed by atoms with Gasteiger partial charge >= 0.3 is 0 Å². The van der Waals surface area contributed by atoms with Crippen LogP contribution in [-0.2, 0) is 0 Å². The smallest absolute Gasteiger partial charge is 0.135 e. The maximum atomic E-state index is 9.45. The third-order valence-corrected chi connectivity index (χ3v) is 3.62. The highest BCUT2D eigenvalue weighted by Crippen LogP contribution is 2.39. The molecule has 0 saturated carbocycles. The number of hydrogen-bond donors (Lipinski definition) is 1. The lowest BCUT2D eigenvalue weighted by molar-refractivity contribution is 0.480. The molecule has 0 aliphatic carbocycles. The molecular weight excluding hydrogens is 202 g/mol. The molecule has 0 aliphatic heterocycles. The highest BCUT2D eigenvalue weighted by Gasteiger charge is 2.11. The van der Waals surface area contributed by atoms with Gasteiger partial charge in [0.1, 0.15) is 11.8 Å². The third kappa shape index (κ3) is 1.32. The van der Waals surface area contributed by atoms with Gasteiger partial charge in [-0.1, -0.05) is 0 Å². The van der Waals surface area contributed by atoms with E-state index < -0.39 is 0 Å². The number of rotatable bonds is 1. The molecule has 0 saturated heterocycles. The van der Waals surface area contributed by atoms with Gasteiger partial charge in [-0.05, 0) is 22.9 Å². The third-order valence-electron chi connectivity index (χ3n) is 1.64. The Labute approximate surface area is 83.3 Å². The first-order valence-electron chi connectivity index (χ1n) is 3.57. The topological polar surface area (TPSA) is 44.0 Å².